The Morgan fingerprint density at radius 3 is 2.90 bits per heavy atom. The van der Waals surface area contributed by atoms with Crippen LogP contribution in [0.2, 0.25) is 0 Å². The molecule has 0 aliphatic carbocycles. The third-order valence-electron chi connectivity index (χ3n) is 5.03. The van der Waals surface area contributed by atoms with Crippen molar-refractivity contribution in [3.8, 4) is 0 Å². The molecular weight excluding hydrogens is 370 g/mol. The Kier molecular flexibility index (Phi) is 4.98. The Morgan fingerprint density at radius 2 is 2.10 bits per heavy atom. The van der Waals surface area contributed by atoms with E-state index in [0.29, 0.717) is 17.1 Å². The van der Waals surface area contributed by atoms with Crippen molar-refractivity contribution < 1.29 is 9.94 Å². The summed E-state index contributed by atoms with van der Waals surface area (Å²) in [4.78, 5) is 5.05. The van der Waals surface area contributed by atoms with Crippen LogP contribution in [0.15, 0.2) is 35.6 Å². The van der Waals surface area contributed by atoms with Crippen molar-refractivity contribution >= 4 is 22.3 Å². The third kappa shape index (κ3) is 3.44. The largest absolute Gasteiger partial charge is 0.393 e. The molecule has 0 bridgehead atoms. The molecule has 0 aliphatic rings. The predicted molar refractivity (Wildman–Crippen MR) is 109 cm³/mol. The van der Waals surface area contributed by atoms with Gasteiger partial charge in [-0.3, -0.25) is 4.68 Å². The molecule has 0 aliphatic heterocycles. The average Bonchev–Trinajstić information content (AvgIpc) is 3.30. The first kappa shape index (κ1) is 19.0. The normalized spacial score (nSPS) is 13.3. The van der Waals surface area contributed by atoms with Crippen molar-refractivity contribution in [2.45, 2.75) is 26.7 Å². The fraction of sp³-hybridized carbons (Fsp3) is 0.350. The minimum absolute atomic E-state index is 0.0137. The lowest BCUT2D eigenvalue weighted by molar-refractivity contribution is 0.0986. The molecule has 0 fully saturated rings. The number of oxime groups is 1. The maximum Gasteiger partial charge on any atom is 0.177 e. The van der Waals surface area contributed by atoms with E-state index < -0.39 is 0 Å². The van der Waals surface area contributed by atoms with Crippen molar-refractivity contribution in [3.63, 3.8) is 0 Å². The summed E-state index contributed by atoms with van der Waals surface area (Å²) >= 11 is 0. The number of rotatable bonds is 6. The minimum atomic E-state index is -0.0863. The van der Waals surface area contributed by atoms with Gasteiger partial charge in [-0.15, -0.1) is 10.2 Å². The van der Waals surface area contributed by atoms with E-state index in [1.165, 1.54) is 0 Å². The first-order valence-corrected chi connectivity index (χ1v) is 9.42. The van der Waals surface area contributed by atoms with Gasteiger partial charge in [-0.1, -0.05) is 12.1 Å². The number of aliphatic hydroxyl groups excluding tert-OH is 1. The molecule has 3 aromatic heterocycles. The van der Waals surface area contributed by atoms with Crippen molar-refractivity contribution in [1.29, 1.82) is 0 Å². The van der Waals surface area contributed by atoms with E-state index in [4.69, 9.17) is 9.94 Å². The number of benzene rings is 1. The van der Waals surface area contributed by atoms with E-state index in [9.17, 15) is 0 Å². The SMILES string of the molecule is C/C(=N\OCCO)c1ccc2nnc([C@@H](C)c3cc4cnn(C)c4cc3C)n2n1. The van der Waals surface area contributed by atoms with Gasteiger partial charge in [0.15, 0.2) is 11.5 Å². The molecule has 0 saturated carbocycles. The van der Waals surface area contributed by atoms with Gasteiger partial charge in [-0.05, 0) is 49.2 Å². The van der Waals surface area contributed by atoms with Crippen LogP contribution in [0.25, 0.3) is 16.6 Å². The van der Waals surface area contributed by atoms with Crippen molar-refractivity contribution in [2.75, 3.05) is 13.2 Å². The zero-order chi connectivity index (χ0) is 20.5. The van der Waals surface area contributed by atoms with Gasteiger partial charge in [0.05, 0.1) is 18.3 Å². The zero-order valence-electron chi connectivity index (χ0n) is 16.9. The molecular formula is C20H23N7O2. The van der Waals surface area contributed by atoms with Crippen LogP contribution in [0.5, 0.6) is 0 Å². The van der Waals surface area contributed by atoms with Crippen LogP contribution in [0.3, 0.4) is 0 Å². The lowest BCUT2D eigenvalue weighted by atomic mass is 9.94. The highest BCUT2D eigenvalue weighted by Crippen LogP contribution is 2.29. The second kappa shape index (κ2) is 7.59. The topological polar surface area (TPSA) is 103 Å². The predicted octanol–water partition coefficient (Wildman–Crippen LogP) is 2.20. The summed E-state index contributed by atoms with van der Waals surface area (Å²) in [5, 5.41) is 31.6. The van der Waals surface area contributed by atoms with E-state index >= 15 is 0 Å². The Hall–Kier alpha value is -3.33. The molecule has 0 saturated heterocycles. The highest BCUT2D eigenvalue weighted by molar-refractivity contribution is 5.96. The summed E-state index contributed by atoms with van der Waals surface area (Å²) in [5.74, 6) is 0.734. The number of aryl methyl sites for hydroxylation is 2. The van der Waals surface area contributed by atoms with Gasteiger partial charge < -0.3 is 9.94 Å². The van der Waals surface area contributed by atoms with Crippen LogP contribution in [0.1, 0.15) is 42.4 Å². The molecule has 9 heteroatoms. The maximum atomic E-state index is 8.82. The zero-order valence-corrected chi connectivity index (χ0v) is 16.9. The molecule has 0 unspecified atom stereocenters. The van der Waals surface area contributed by atoms with Crippen molar-refractivity contribution in [1.82, 2.24) is 29.6 Å². The summed E-state index contributed by atoms with van der Waals surface area (Å²) < 4.78 is 3.62. The monoisotopic (exact) mass is 393 g/mol. The van der Waals surface area contributed by atoms with Gasteiger partial charge in [0.25, 0.3) is 0 Å². The second-order valence-electron chi connectivity index (χ2n) is 7.04. The van der Waals surface area contributed by atoms with Gasteiger partial charge in [-0.25, -0.2) is 0 Å². The van der Waals surface area contributed by atoms with Crippen molar-refractivity contribution in [2.24, 2.45) is 12.2 Å². The number of nitrogens with zero attached hydrogens (tertiary/aromatic N) is 7. The van der Waals surface area contributed by atoms with Gasteiger partial charge in [0.2, 0.25) is 0 Å². The first-order chi connectivity index (χ1) is 14.0. The minimum Gasteiger partial charge on any atom is -0.393 e. The summed E-state index contributed by atoms with van der Waals surface area (Å²) in [6.07, 6.45) is 1.87. The Labute approximate surface area is 167 Å². The molecule has 150 valence electrons. The summed E-state index contributed by atoms with van der Waals surface area (Å²) in [7, 11) is 1.94. The van der Waals surface area contributed by atoms with E-state index in [1.807, 2.05) is 30.1 Å². The fourth-order valence-corrected chi connectivity index (χ4v) is 3.43. The molecule has 1 atom stereocenters. The molecule has 3 heterocycles. The number of hydrogen-bond acceptors (Lipinski definition) is 7. The standard InChI is InChI=1S/C20H23N7O2/c1-12-9-18-15(11-21-26(18)4)10-16(12)13(2)20-23-22-19-6-5-17(24-27(19)20)14(3)25-29-8-7-28/h5-6,9-11,13,28H,7-8H2,1-4H3/b25-14+/t13-/m0/s1. The van der Waals surface area contributed by atoms with Gasteiger partial charge >= 0.3 is 0 Å². The molecule has 4 rings (SSSR count). The van der Waals surface area contributed by atoms with Crippen LogP contribution < -0.4 is 0 Å². The number of fused-ring (bicyclic) bond motifs is 2. The highest BCUT2D eigenvalue weighted by Gasteiger charge is 2.20. The van der Waals surface area contributed by atoms with Crippen LogP contribution in [0, 0.1) is 6.92 Å². The molecule has 1 aromatic carbocycles. The number of aliphatic hydroxyl groups is 1. The van der Waals surface area contributed by atoms with Gasteiger partial charge in [0, 0.05) is 18.4 Å². The lowest BCUT2D eigenvalue weighted by Crippen LogP contribution is -2.10. The van der Waals surface area contributed by atoms with E-state index in [1.54, 1.807) is 11.4 Å². The third-order valence-corrected chi connectivity index (χ3v) is 5.03. The molecule has 1 N–H and O–H groups in total. The summed E-state index contributed by atoms with van der Waals surface area (Å²) in [6.45, 7) is 6.05. The van der Waals surface area contributed by atoms with Gasteiger partial charge in [0.1, 0.15) is 18.0 Å². The quantitative estimate of drug-likeness (QED) is 0.306. The average molecular weight is 393 g/mol. The number of hydrogen-bond donors (Lipinski definition) is 1. The van der Waals surface area contributed by atoms with E-state index in [-0.39, 0.29) is 19.1 Å². The van der Waals surface area contributed by atoms with Crippen molar-refractivity contribution in [3.05, 3.63) is 53.1 Å². The molecule has 0 radical (unpaired) electrons. The first-order valence-electron chi connectivity index (χ1n) is 9.42. The van der Waals surface area contributed by atoms with Crippen LogP contribution in [-0.4, -0.2) is 53.6 Å². The van der Waals surface area contributed by atoms with E-state index in [0.717, 1.165) is 27.9 Å². The lowest BCUT2D eigenvalue weighted by Gasteiger charge is -2.14. The van der Waals surface area contributed by atoms with Gasteiger partial charge in [-0.2, -0.15) is 14.7 Å². The summed E-state index contributed by atoms with van der Waals surface area (Å²) in [6, 6.07) is 7.98. The van der Waals surface area contributed by atoms with E-state index in [2.05, 4.69) is 51.5 Å². The smallest absolute Gasteiger partial charge is 0.177 e. The molecule has 9 nitrogen and oxygen atoms in total. The second-order valence-corrected chi connectivity index (χ2v) is 7.04. The molecule has 4 aromatic rings. The van der Waals surface area contributed by atoms with Crippen LogP contribution >= 0.6 is 0 Å². The summed E-state index contributed by atoms with van der Waals surface area (Å²) in [5.41, 5.74) is 5.35. The molecule has 29 heavy (non-hydrogen) atoms. The fourth-order valence-electron chi connectivity index (χ4n) is 3.43. The Balaban J connectivity index is 1.74. The Morgan fingerprint density at radius 1 is 1.28 bits per heavy atom. The number of aromatic nitrogens is 6. The highest BCUT2D eigenvalue weighted by atomic mass is 16.6. The Bertz CT molecular complexity index is 1210. The van der Waals surface area contributed by atoms with Crippen LogP contribution in [-0.2, 0) is 11.9 Å². The van der Waals surface area contributed by atoms with Crippen LogP contribution in [0.4, 0.5) is 0 Å². The maximum absolute atomic E-state index is 8.82. The molecule has 0 amide bonds. The molecule has 0 spiro atoms.